The molecule has 0 bridgehead atoms. The summed E-state index contributed by atoms with van der Waals surface area (Å²) in [4.78, 5) is 8.29. The summed E-state index contributed by atoms with van der Waals surface area (Å²) in [6.07, 6.45) is 1.45. The first-order chi connectivity index (χ1) is 6.18. The molecule has 6 heteroatoms. The number of nitrogens with two attached hydrogens (primary N) is 1. The number of aromatic nitrogens is 4. The van der Waals surface area contributed by atoms with Gasteiger partial charge in [-0.1, -0.05) is 13.8 Å². The van der Waals surface area contributed by atoms with Crippen molar-refractivity contribution < 1.29 is 0 Å². The average molecular weight is 214 g/mol. The van der Waals surface area contributed by atoms with Crippen molar-refractivity contribution in [3.63, 3.8) is 0 Å². The van der Waals surface area contributed by atoms with E-state index in [2.05, 4.69) is 28.9 Å². The number of nitrogens with zero attached hydrogens (tertiary/aromatic N) is 4. The summed E-state index contributed by atoms with van der Waals surface area (Å²) >= 11 is 0. The van der Waals surface area contributed by atoms with Crippen LogP contribution >= 0.6 is 12.4 Å². The van der Waals surface area contributed by atoms with Crippen LogP contribution in [0.3, 0.4) is 0 Å². The summed E-state index contributed by atoms with van der Waals surface area (Å²) in [5.41, 5.74) is 6.70. The normalized spacial score (nSPS) is 10.5. The molecule has 0 fully saturated rings. The molecule has 0 aromatic carbocycles. The Kier molecular flexibility index (Phi) is 2.90. The average Bonchev–Trinajstić information content (AvgIpc) is 2.51. The summed E-state index contributed by atoms with van der Waals surface area (Å²) in [6, 6.07) is 1.83. The zero-order valence-corrected chi connectivity index (χ0v) is 8.82. The SMILES string of the molecule is CC(C)c1cc(N)n2ncnc2n1.Cl. The maximum absolute atomic E-state index is 5.76. The minimum absolute atomic E-state index is 0. The van der Waals surface area contributed by atoms with Gasteiger partial charge >= 0.3 is 0 Å². The summed E-state index contributed by atoms with van der Waals surface area (Å²) in [5, 5.41) is 3.94. The first-order valence-electron chi connectivity index (χ1n) is 4.14. The van der Waals surface area contributed by atoms with Crippen LogP contribution in [-0.4, -0.2) is 19.6 Å². The highest BCUT2D eigenvalue weighted by Gasteiger charge is 2.06. The molecule has 2 heterocycles. The molecule has 2 N–H and O–H groups in total. The first kappa shape index (κ1) is 10.7. The van der Waals surface area contributed by atoms with Crippen LogP contribution in [0, 0.1) is 0 Å². The van der Waals surface area contributed by atoms with E-state index in [0.29, 0.717) is 17.5 Å². The molecule has 0 atom stereocenters. The second-order valence-corrected chi connectivity index (χ2v) is 3.23. The van der Waals surface area contributed by atoms with Crippen LogP contribution in [0.15, 0.2) is 12.4 Å². The number of hydrogen-bond donors (Lipinski definition) is 1. The molecule has 0 amide bonds. The fraction of sp³-hybridized carbons (Fsp3) is 0.375. The van der Waals surface area contributed by atoms with E-state index in [1.165, 1.54) is 10.8 Å². The summed E-state index contributed by atoms with van der Waals surface area (Å²) in [6.45, 7) is 4.13. The topological polar surface area (TPSA) is 69.1 Å². The lowest BCUT2D eigenvalue weighted by Crippen LogP contribution is -2.04. The van der Waals surface area contributed by atoms with Gasteiger partial charge in [0.1, 0.15) is 12.1 Å². The molecule has 2 aromatic rings. The Hall–Kier alpha value is -1.36. The van der Waals surface area contributed by atoms with Gasteiger partial charge in [-0.15, -0.1) is 12.4 Å². The van der Waals surface area contributed by atoms with Crippen molar-refractivity contribution in [2.24, 2.45) is 0 Å². The van der Waals surface area contributed by atoms with Gasteiger partial charge < -0.3 is 5.73 Å². The Morgan fingerprint density at radius 3 is 2.79 bits per heavy atom. The molecule has 14 heavy (non-hydrogen) atoms. The zero-order chi connectivity index (χ0) is 9.42. The lowest BCUT2D eigenvalue weighted by molar-refractivity contribution is 0.810. The van der Waals surface area contributed by atoms with E-state index in [0.717, 1.165) is 5.69 Å². The fourth-order valence-electron chi connectivity index (χ4n) is 1.15. The summed E-state index contributed by atoms with van der Waals surface area (Å²) in [5.74, 6) is 1.49. The molecule has 0 radical (unpaired) electrons. The largest absolute Gasteiger partial charge is 0.383 e. The van der Waals surface area contributed by atoms with Gasteiger partial charge in [0.05, 0.1) is 5.69 Å². The number of rotatable bonds is 1. The van der Waals surface area contributed by atoms with Crippen molar-refractivity contribution >= 4 is 24.0 Å². The number of fused-ring (bicyclic) bond motifs is 1. The Morgan fingerprint density at radius 1 is 1.43 bits per heavy atom. The molecule has 2 aromatic heterocycles. The van der Waals surface area contributed by atoms with E-state index < -0.39 is 0 Å². The maximum atomic E-state index is 5.76. The standard InChI is InChI=1S/C8H11N5.ClH/c1-5(2)6-3-7(9)13-8(12-6)10-4-11-13;/h3-5H,9H2,1-2H3;1H. The van der Waals surface area contributed by atoms with Gasteiger partial charge in [0, 0.05) is 6.07 Å². The summed E-state index contributed by atoms with van der Waals surface area (Å²) in [7, 11) is 0. The van der Waals surface area contributed by atoms with Crippen molar-refractivity contribution in [2.75, 3.05) is 5.73 Å². The number of halogens is 1. The van der Waals surface area contributed by atoms with Crippen molar-refractivity contribution in [3.8, 4) is 0 Å². The molecule has 5 nitrogen and oxygen atoms in total. The molecule has 0 aliphatic heterocycles. The van der Waals surface area contributed by atoms with Gasteiger partial charge in [0.25, 0.3) is 5.78 Å². The molecule has 0 aliphatic carbocycles. The third-order valence-corrected chi connectivity index (χ3v) is 1.89. The second-order valence-electron chi connectivity index (χ2n) is 3.23. The first-order valence-corrected chi connectivity index (χ1v) is 4.14. The lowest BCUT2D eigenvalue weighted by Gasteiger charge is -2.05. The molecular weight excluding hydrogens is 202 g/mol. The Balaban J connectivity index is 0.000000980. The molecule has 0 aliphatic rings. The third-order valence-electron chi connectivity index (χ3n) is 1.89. The smallest absolute Gasteiger partial charge is 0.254 e. The second kappa shape index (κ2) is 3.79. The Morgan fingerprint density at radius 2 is 2.14 bits per heavy atom. The van der Waals surface area contributed by atoms with Crippen molar-refractivity contribution in [1.29, 1.82) is 0 Å². The fourth-order valence-corrected chi connectivity index (χ4v) is 1.15. The van der Waals surface area contributed by atoms with Crippen LogP contribution in [0.25, 0.3) is 5.78 Å². The van der Waals surface area contributed by atoms with E-state index in [1.54, 1.807) is 0 Å². The molecule has 0 spiro atoms. The van der Waals surface area contributed by atoms with E-state index in [1.807, 2.05) is 6.07 Å². The maximum Gasteiger partial charge on any atom is 0.254 e. The highest BCUT2D eigenvalue weighted by molar-refractivity contribution is 5.85. The molecule has 0 saturated carbocycles. The summed E-state index contributed by atoms with van der Waals surface area (Å²) < 4.78 is 1.52. The van der Waals surface area contributed by atoms with E-state index in [9.17, 15) is 0 Å². The van der Waals surface area contributed by atoms with Gasteiger partial charge in [-0.3, -0.25) is 0 Å². The Bertz CT molecular complexity index is 436. The highest BCUT2D eigenvalue weighted by atomic mass is 35.5. The minimum atomic E-state index is 0. The zero-order valence-electron chi connectivity index (χ0n) is 8.01. The number of hydrogen-bond acceptors (Lipinski definition) is 4. The van der Waals surface area contributed by atoms with Crippen molar-refractivity contribution in [2.45, 2.75) is 19.8 Å². The predicted octanol–water partition coefficient (Wildman–Crippen LogP) is 1.25. The lowest BCUT2D eigenvalue weighted by atomic mass is 10.1. The van der Waals surface area contributed by atoms with Crippen LogP contribution < -0.4 is 5.73 Å². The predicted molar refractivity (Wildman–Crippen MR) is 56.5 cm³/mol. The molecular formula is C8H12ClN5. The highest BCUT2D eigenvalue weighted by Crippen LogP contribution is 2.14. The van der Waals surface area contributed by atoms with Gasteiger partial charge in [-0.2, -0.15) is 14.6 Å². The van der Waals surface area contributed by atoms with Gasteiger partial charge in [0.15, 0.2) is 0 Å². The van der Waals surface area contributed by atoms with Crippen LogP contribution in [-0.2, 0) is 0 Å². The molecule has 0 saturated heterocycles. The van der Waals surface area contributed by atoms with E-state index >= 15 is 0 Å². The van der Waals surface area contributed by atoms with Gasteiger partial charge in [-0.25, -0.2) is 4.98 Å². The molecule has 2 rings (SSSR count). The van der Waals surface area contributed by atoms with Crippen LogP contribution in [0.4, 0.5) is 5.82 Å². The molecule has 76 valence electrons. The quantitative estimate of drug-likeness (QED) is 0.774. The Labute approximate surface area is 87.8 Å². The minimum Gasteiger partial charge on any atom is -0.383 e. The van der Waals surface area contributed by atoms with Crippen molar-refractivity contribution in [3.05, 3.63) is 18.1 Å². The number of anilines is 1. The van der Waals surface area contributed by atoms with Crippen LogP contribution in [0.1, 0.15) is 25.5 Å². The van der Waals surface area contributed by atoms with Crippen molar-refractivity contribution in [1.82, 2.24) is 19.6 Å². The van der Waals surface area contributed by atoms with E-state index in [-0.39, 0.29) is 12.4 Å². The van der Waals surface area contributed by atoms with Crippen LogP contribution in [0.2, 0.25) is 0 Å². The van der Waals surface area contributed by atoms with Gasteiger partial charge in [-0.05, 0) is 5.92 Å². The van der Waals surface area contributed by atoms with Gasteiger partial charge in [0.2, 0.25) is 0 Å². The monoisotopic (exact) mass is 213 g/mol. The van der Waals surface area contributed by atoms with E-state index in [4.69, 9.17) is 5.73 Å². The number of nitrogen functional groups attached to an aromatic ring is 1. The third kappa shape index (κ3) is 1.63. The molecule has 0 unspecified atom stereocenters. The van der Waals surface area contributed by atoms with Crippen LogP contribution in [0.5, 0.6) is 0 Å².